The average molecular weight is 295 g/mol. The number of para-hydroxylation sites is 1. The number of aromatic nitrogens is 1. The molecular formula is C18H17NO3. The van der Waals surface area contributed by atoms with Crippen molar-refractivity contribution in [3.63, 3.8) is 0 Å². The minimum Gasteiger partial charge on any atom is -0.463 e. The SMILES string of the molecule is CCOC(=O)C(O)(c1ccccc1)c1c[nH]c2ccccc12. The van der Waals surface area contributed by atoms with Crippen LogP contribution in [0.5, 0.6) is 0 Å². The van der Waals surface area contributed by atoms with Gasteiger partial charge >= 0.3 is 5.97 Å². The molecule has 0 saturated carbocycles. The first-order chi connectivity index (χ1) is 10.7. The Kier molecular flexibility index (Phi) is 3.69. The highest BCUT2D eigenvalue weighted by Gasteiger charge is 2.43. The van der Waals surface area contributed by atoms with Gasteiger partial charge in [0.25, 0.3) is 0 Å². The lowest BCUT2D eigenvalue weighted by atomic mass is 9.86. The van der Waals surface area contributed by atoms with E-state index in [9.17, 15) is 9.90 Å². The van der Waals surface area contributed by atoms with E-state index in [1.54, 1.807) is 37.4 Å². The lowest BCUT2D eigenvalue weighted by Gasteiger charge is -2.26. The van der Waals surface area contributed by atoms with Crippen LogP contribution in [-0.2, 0) is 15.1 Å². The summed E-state index contributed by atoms with van der Waals surface area (Å²) >= 11 is 0. The molecule has 0 fully saturated rings. The lowest BCUT2D eigenvalue weighted by Crippen LogP contribution is -2.38. The molecule has 0 aliphatic heterocycles. The molecule has 0 spiro atoms. The number of esters is 1. The quantitative estimate of drug-likeness (QED) is 0.727. The largest absolute Gasteiger partial charge is 0.463 e. The molecule has 1 aromatic heterocycles. The maximum Gasteiger partial charge on any atom is 0.347 e. The molecule has 22 heavy (non-hydrogen) atoms. The van der Waals surface area contributed by atoms with Crippen LogP contribution < -0.4 is 0 Å². The molecule has 3 aromatic rings. The molecule has 1 unspecified atom stereocenters. The number of hydrogen-bond donors (Lipinski definition) is 2. The van der Waals surface area contributed by atoms with Crippen molar-refractivity contribution in [1.82, 2.24) is 4.98 Å². The van der Waals surface area contributed by atoms with Crippen LogP contribution in [0.2, 0.25) is 0 Å². The number of ether oxygens (including phenoxy) is 1. The third-order valence-electron chi connectivity index (χ3n) is 3.74. The van der Waals surface area contributed by atoms with Crippen LogP contribution >= 0.6 is 0 Å². The number of benzene rings is 2. The molecular weight excluding hydrogens is 278 g/mol. The van der Waals surface area contributed by atoms with Crippen molar-refractivity contribution in [2.45, 2.75) is 12.5 Å². The zero-order valence-corrected chi connectivity index (χ0v) is 12.2. The predicted molar refractivity (Wildman–Crippen MR) is 84.4 cm³/mol. The fourth-order valence-electron chi connectivity index (χ4n) is 2.67. The summed E-state index contributed by atoms with van der Waals surface area (Å²) in [6.07, 6.45) is 1.66. The second-order valence-corrected chi connectivity index (χ2v) is 5.04. The molecule has 112 valence electrons. The van der Waals surface area contributed by atoms with Gasteiger partial charge in [-0.05, 0) is 18.6 Å². The van der Waals surface area contributed by atoms with E-state index < -0.39 is 11.6 Å². The van der Waals surface area contributed by atoms with Crippen molar-refractivity contribution < 1.29 is 14.6 Å². The monoisotopic (exact) mass is 295 g/mol. The van der Waals surface area contributed by atoms with Crippen LogP contribution in [0.15, 0.2) is 60.8 Å². The Morgan fingerprint density at radius 3 is 2.55 bits per heavy atom. The molecule has 2 aromatic carbocycles. The van der Waals surface area contributed by atoms with Gasteiger partial charge in [0.1, 0.15) is 0 Å². The van der Waals surface area contributed by atoms with E-state index in [2.05, 4.69) is 4.98 Å². The molecule has 0 aliphatic rings. The van der Waals surface area contributed by atoms with Crippen LogP contribution in [0.3, 0.4) is 0 Å². The zero-order valence-electron chi connectivity index (χ0n) is 12.2. The maximum absolute atomic E-state index is 12.5. The van der Waals surface area contributed by atoms with Crippen molar-refractivity contribution in [3.8, 4) is 0 Å². The molecule has 0 radical (unpaired) electrons. The van der Waals surface area contributed by atoms with Crippen molar-refractivity contribution in [2.24, 2.45) is 0 Å². The van der Waals surface area contributed by atoms with E-state index in [0.29, 0.717) is 11.1 Å². The first-order valence-electron chi connectivity index (χ1n) is 7.19. The highest BCUT2D eigenvalue weighted by Crippen LogP contribution is 2.35. The van der Waals surface area contributed by atoms with Crippen molar-refractivity contribution in [1.29, 1.82) is 0 Å². The zero-order chi connectivity index (χ0) is 15.6. The van der Waals surface area contributed by atoms with Gasteiger partial charge in [-0.25, -0.2) is 4.79 Å². The molecule has 0 bridgehead atoms. The van der Waals surface area contributed by atoms with Gasteiger partial charge in [-0.2, -0.15) is 0 Å². The highest BCUT2D eigenvalue weighted by atomic mass is 16.5. The lowest BCUT2D eigenvalue weighted by molar-refractivity contribution is -0.161. The van der Waals surface area contributed by atoms with Crippen LogP contribution in [0.25, 0.3) is 10.9 Å². The number of aliphatic hydroxyl groups is 1. The topological polar surface area (TPSA) is 62.3 Å². The van der Waals surface area contributed by atoms with E-state index in [0.717, 1.165) is 10.9 Å². The van der Waals surface area contributed by atoms with Gasteiger partial charge in [-0.15, -0.1) is 0 Å². The molecule has 1 heterocycles. The number of fused-ring (bicyclic) bond motifs is 1. The summed E-state index contributed by atoms with van der Waals surface area (Å²) in [4.78, 5) is 15.6. The first-order valence-corrected chi connectivity index (χ1v) is 7.19. The van der Waals surface area contributed by atoms with Gasteiger partial charge in [0, 0.05) is 22.7 Å². The fraction of sp³-hybridized carbons (Fsp3) is 0.167. The average Bonchev–Trinajstić information content (AvgIpc) is 2.99. The second-order valence-electron chi connectivity index (χ2n) is 5.04. The van der Waals surface area contributed by atoms with E-state index in [-0.39, 0.29) is 6.61 Å². The molecule has 0 saturated heterocycles. The standard InChI is InChI=1S/C18H17NO3/c1-2-22-17(20)18(21,13-8-4-3-5-9-13)15-12-19-16-11-7-6-10-14(15)16/h3-12,19,21H,2H2,1H3. The summed E-state index contributed by atoms with van der Waals surface area (Å²) in [7, 11) is 0. The first kappa shape index (κ1) is 14.4. The summed E-state index contributed by atoms with van der Waals surface area (Å²) in [5.74, 6) is -0.675. The fourth-order valence-corrected chi connectivity index (χ4v) is 2.67. The van der Waals surface area contributed by atoms with E-state index in [4.69, 9.17) is 4.74 Å². The maximum atomic E-state index is 12.5. The van der Waals surface area contributed by atoms with Gasteiger partial charge in [0.2, 0.25) is 5.60 Å². The smallest absolute Gasteiger partial charge is 0.347 e. The van der Waals surface area contributed by atoms with Crippen molar-refractivity contribution in [3.05, 3.63) is 71.9 Å². The third kappa shape index (κ3) is 2.18. The molecule has 2 N–H and O–H groups in total. The Morgan fingerprint density at radius 2 is 1.82 bits per heavy atom. The Bertz CT molecular complexity index is 794. The summed E-state index contributed by atoms with van der Waals surface area (Å²) in [5.41, 5.74) is -0.00115. The number of carbonyl (C=O) groups excluding carboxylic acids is 1. The number of carbonyl (C=O) groups is 1. The van der Waals surface area contributed by atoms with Crippen molar-refractivity contribution in [2.75, 3.05) is 6.61 Å². The molecule has 0 aliphatic carbocycles. The number of H-pyrrole nitrogens is 1. The van der Waals surface area contributed by atoms with E-state index in [1.165, 1.54) is 0 Å². The highest BCUT2D eigenvalue weighted by molar-refractivity contribution is 5.94. The van der Waals surface area contributed by atoms with E-state index in [1.807, 2.05) is 30.3 Å². The van der Waals surface area contributed by atoms with Gasteiger partial charge in [0.05, 0.1) is 6.61 Å². The number of aromatic amines is 1. The van der Waals surface area contributed by atoms with Crippen LogP contribution in [-0.4, -0.2) is 22.7 Å². The second kappa shape index (κ2) is 5.66. The molecule has 4 nitrogen and oxygen atoms in total. The predicted octanol–water partition coefficient (Wildman–Crippen LogP) is 2.97. The van der Waals surface area contributed by atoms with E-state index >= 15 is 0 Å². The Hall–Kier alpha value is -2.59. The van der Waals surface area contributed by atoms with Crippen LogP contribution in [0, 0.1) is 0 Å². The third-order valence-corrected chi connectivity index (χ3v) is 3.74. The minimum absolute atomic E-state index is 0.205. The number of hydrogen-bond acceptors (Lipinski definition) is 3. The molecule has 4 heteroatoms. The van der Waals surface area contributed by atoms with Gasteiger partial charge < -0.3 is 14.8 Å². The molecule has 3 rings (SSSR count). The Morgan fingerprint density at radius 1 is 1.14 bits per heavy atom. The normalized spacial score (nSPS) is 13.7. The minimum atomic E-state index is -1.84. The van der Waals surface area contributed by atoms with Gasteiger partial charge in [-0.3, -0.25) is 0 Å². The summed E-state index contributed by atoms with van der Waals surface area (Å²) < 4.78 is 5.13. The summed E-state index contributed by atoms with van der Waals surface area (Å²) in [6.45, 7) is 1.93. The Balaban J connectivity index is 2.24. The molecule has 0 amide bonds. The van der Waals surface area contributed by atoms with Crippen LogP contribution in [0.4, 0.5) is 0 Å². The van der Waals surface area contributed by atoms with Crippen LogP contribution in [0.1, 0.15) is 18.1 Å². The van der Waals surface area contributed by atoms with Gasteiger partial charge in [0.15, 0.2) is 0 Å². The summed E-state index contributed by atoms with van der Waals surface area (Å²) in [6, 6.07) is 16.4. The molecule has 1 atom stereocenters. The summed E-state index contributed by atoms with van der Waals surface area (Å²) in [5, 5.41) is 12.0. The van der Waals surface area contributed by atoms with Crippen molar-refractivity contribution >= 4 is 16.9 Å². The Labute approximate surface area is 128 Å². The number of rotatable bonds is 4. The number of nitrogens with one attached hydrogen (secondary N) is 1. The van der Waals surface area contributed by atoms with Gasteiger partial charge in [-0.1, -0.05) is 48.5 Å².